The van der Waals surface area contributed by atoms with Gasteiger partial charge < -0.3 is 10.3 Å². The van der Waals surface area contributed by atoms with Gasteiger partial charge in [-0.2, -0.15) is 0 Å². The van der Waals surface area contributed by atoms with E-state index in [-0.39, 0.29) is 5.91 Å². The van der Waals surface area contributed by atoms with Gasteiger partial charge in [0.15, 0.2) is 0 Å². The monoisotopic (exact) mass is 203 g/mol. The Hall–Kier alpha value is -1.84. The van der Waals surface area contributed by atoms with Crippen molar-refractivity contribution in [2.24, 2.45) is 0 Å². The summed E-state index contributed by atoms with van der Waals surface area (Å²) in [6.45, 7) is 4.00. The largest absolute Gasteiger partial charge is 0.352 e. The van der Waals surface area contributed by atoms with Crippen LogP contribution in [0, 0.1) is 6.92 Å². The minimum atomic E-state index is -0.0177. The van der Waals surface area contributed by atoms with Gasteiger partial charge in [0.25, 0.3) is 0 Å². The molecular formula is C11H13N3O. The molecule has 0 fully saturated rings. The SMILES string of the molecule is CC(=O)NCc1ccc2nc(C)[nH]c2c1. The summed E-state index contributed by atoms with van der Waals surface area (Å²) < 4.78 is 0. The van der Waals surface area contributed by atoms with Gasteiger partial charge in [0.05, 0.1) is 11.0 Å². The van der Waals surface area contributed by atoms with E-state index in [4.69, 9.17) is 0 Å². The highest BCUT2D eigenvalue weighted by molar-refractivity contribution is 5.76. The number of H-pyrrole nitrogens is 1. The molecule has 2 aromatic rings. The molecule has 2 N–H and O–H groups in total. The van der Waals surface area contributed by atoms with Crippen molar-refractivity contribution >= 4 is 16.9 Å². The quantitative estimate of drug-likeness (QED) is 0.777. The molecule has 2 rings (SSSR count). The molecule has 0 aliphatic carbocycles. The summed E-state index contributed by atoms with van der Waals surface area (Å²) in [6.07, 6.45) is 0. The molecule has 1 aromatic carbocycles. The number of aromatic amines is 1. The Morgan fingerprint density at radius 1 is 1.53 bits per heavy atom. The first-order chi connectivity index (χ1) is 7.15. The number of nitrogens with zero attached hydrogens (tertiary/aromatic N) is 1. The Bertz CT molecular complexity index is 502. The highest BCUT2D eigenvalue weighted by Gasteiger charge is 2.00. The summed E-state index contributed by atoms with van der Waals surface area (Å²) in [6, 6.07) is 5.93. The van der Waals surface area contributed by atoms with Crippen LogP contribution in [0.3, 0.4) is 0 Å². The second kappa shape index (κ2) is 3.73. The molecule has 0 aliphatic heterocycles. The van der Waals surface area contributed by atoms with Crippen LogP contribution in [0.2, 0.25) is 0 Å². The predicted octanol–water partition coefficient (Wildman–Crippen LogP) is 1.51. The first-order valence-electron chi connectivity index (χ1n) is 4.85. The van der Waals surface area contributed by atoms with Crippen LogP contribution < -0.4 is 5.32 Å². The second-order valence-corrected chi connectivity index (χ2v) is 3.58. The molecule has 0 spiro atoms. The molecule has 0 saturated carbocycles. The topological polar surface area (TPSA) is 57.8 Å². The van der Waals surface area contributed by atoms with Crippen molar-refractivity contribution in [1.82, 2.24) is 15.3 Å². The number of rotatable bonds is 2. The number of benzene rings is 1. The van der Waals surface area contributed by atoms with Crippen molar-refractivity contribution in [2.45, 2.75) is 20.4 Å². The minimum Gasteiger partial charge on any atom is -0.352 e. The summed E-state index contributed by atoms with van der Waals surface area (Å²) in [4.78, 5) is 18.2. The van der Waals surface area contributed by atoms with Gasteiger partial charge in [0.2, 0.25) is 5.91 Å². The molecule has 1 amide bonds. The average Bonchev–Trinajstić information content (AvgIpc) is 2.53. The predicted molar refractivity (Wildman–Crippen MR) is 58.4 cm³/mol. The number of amides is 1. The van der Waals surface area contributed by atoms with Gasteiger partial charge in [-0.25, -0.2) is 4.98 Å². The highest BCUT2D eigenvalue weighted by atomic mass is 16.1. The Morgan fingerprint density at radius 2 is 2.33 bits per heavy atom. The first kappa shape index (κ1) is 9.71. The van der Waals surface area contributed by atoms with Crippen LogP contribution >= 0.6 is 0 Å². The number of imidazole rings is 1. The van der Waals surface area contributed by atoms with E-state index in [1.807, 2.05) is 25.1 Å². The van der Waals surface area contributed by atoms with Crippen molar-refractivity contribution in [1.29, 1.82) is 0 Å². The maximum absolute atomic E-state index is 10.8. The number of aryl methyl sites for hydroxylation is 1. The number of nitrogens with one attached hydrogen (secondary N) is 2. The number of aromatic nitrogens is 2. The maximum atomic E-state index is 10.8. The summed E-state index contributed by atoms with van der Waals surface area (Å²) in [5.74, 6) is 0.887. The van der Waals surface area contributed by atoms with Crippen LogP contribution in [-0.2, 0) is 11.3 Å². The Labute approximate surface area is 87.7 Å². The van der Waals surface area contributed by atoms with E-state index in [1.54, 1.807) is 0 Å². The molecule has 1 heterocycles. The maximum Gasteiger partial charge on any atom is 0.217 e. The third-order valence-corrected chi connectivity index (χ3v) is 2.21. The molecule has 0 unspecified atom stereocenters. The molecule has 15 heavy (non-hydrogen) atoms. The Kier molecular flexibility index (Phi) is 2.41. The Balaban J connectivity index is 2.26. The van der Waals surface area contributed by atoms with Crippen LogP contribution in [0.4, 0.5) is 0 Å². The van der Waals surface area contributed by atoms with Crippen molar-refractivity contribution in [3.63, 3.8) is 0 Å². The fourth-order valence-electron chi connectivity index (χ4n) is 1.52. The van der Waals surface area contributed by atoms with E-state index < -0.39 is 0 Å². The lowest BCUT2D eigenvalue weighted by molar-refractivity contribution is -0.119. The van der Waals surface area contributed by atoms with Gasteiger partial charge in [-0.3, -0.25) is 4.79 Å². The highest BCUT2D eigenvalue weighted by Crippen LogP contribution is 2.13. The van der Waals surface area contributed by atoms with E-state index in [1.165, 1.54) is 6.92 Å². The minimum absolute atomic E-state index is 0.0177. The fourth-order valence-corrected chi connectivity index (χ4v) is 1.52. The van der Waals surface area contributed by atoms with E-state index in [2.05, 4.69) is 15.3 Å². The van der Waals surface area contributed by atoms with Crippen molar-refractivity contribution in [3.8, 4) is 0 Å². The van der Waals surface area contributed by atoms with Gasteiger partial charge in [-0.05, 0) is 24.6 Å². The molecule has 4 heteroatoms. The van der Waals surface area contributed by atoms with Crippen molar-refractivity contribution in [2.75, 3.05) is 0 Å². The molecule has 0 saturated heterocycles. The number of carbonyl (C=O) groups is 1. The normalized spacial score (nSPS) is 10.5. The van der Waals surface area contributed by atoms with Crippen LogP contribution in [-0.4, -0.2) is 15.9 Å². The van der Waals surface area contributed by atoms with Gasteiger partial charge >= 0.3 is 0 Å². The zero-order chi connectivity index (χ0) is 10.8. The zero-order valence-corrected chi connectivity index (χ0v) is 8.79. The van der Waals surface area contributed by atoms with Gasteiger partial charge in [0, 0.05) is 13.5 Å². The smallest absolute Gasteiger partial charge is 0.217 e. The third-order valence-electron chi connectivity index (χ3n) is 2.21. The van der Waals surface area contributed by atoms with Crippen molar-refractivity contribution in [3.05, 3.63) is 29.6 Å². The number of fused-ring (bicyclic) bond motifs is 1. The van der Waals surface area contributed by atoms with Gasteiger partial charge in [-0.1, -0.05) is 6.07 Å². The number of hydrogen-bond donors (Lipinski definition) is 2. The third kappa shape index (κ3) is 2.15. The summed E-state index contributed by atoms with van der Waals surface area (Å²) in [7, 11) is 0. The van der Waals surface area contributed by atoms with Crippen LogP contribution in [0.15, 0.2) is 18.2 Å². The molecule has 0 atom stereocenters. The van der Waals surface area contributed by atoms with E-state index in [0.717, 1.165) is 22.4 Å². The number of carbonyl (C=O) groups excluding carboxylic acids is 1. The zero-order valence-electron chi connectivity index (χ0n) is 8.79. The molecule has 1 aromatic heterocycles. The van der Waals surface area contributed by atoms with Gasteiger partial charge in [0.1, 0.15) is 5.82 Å². The lowest BCUT2D eigenvalue weighted by Gasteiger charge is -2.01. The lowest BCUT2D eigenvalue weighted by Crippen LogP contribution is -2.18. The van der Waals surface area contributed by atoms with E-state index >= 15 is 0 Å². The van der Waals surface area contributed by atoms with Crippen LogP contribution in [0.25, 0.3) is 11.0 Å². The Morgan fingerprint density at radius 3 is 3.07 bits per heavy atom. The molecule has 4 nitrogen and oxygen atoms in total. The molecule has 0 radical (unpaired) electrons. The van der Waals surface area contributed by atoms with E-state index in [9.17, 15) is 4.79 Å². The van der Waals surface area contributed by atoms with Crippen LogP contribution in [0.1, 0.15) is 18.3 Å². The first-order valence-corrected chi connectivity index (χ1v) is 4.85. The van der Waals surface area contributed by atoms with Crippen molar-refractivity contribution < 1.29 is 4.79 Å². The molecule has 78 valence electrons. The average molecular weight is 203 g/mol. The summed E-state index contributed by atoms with van der Waals surface area (Å²) >= 11 is 0. The summed E-state index contributed by atoms with van der Waals surface area (Å²) in [5.41, 5.74) is 3.04. The lowest BCUT2D eigenvalue weighted by atomic mass is 10.2. The van der Waals surface area contributed by atoms with Crippen LogP contribution in [0.5, 0.6) is 0 Å². The van der Waals surface area contributed by atoms with E-state index in [0.29, 0.717) is 6.54 Å². The standard InChI is InChI=1S/C11H13N3O/c1-7-13-10-4-3-9(5-11(10)14-7)6-12-8(2)15/h3-5H,6H2,1-2H3,(H,12,15)(H,13,14). The van der Waals surface area contributed by atoms with Gasteiger partial charge in [-0.15, -0.1) is 0 Å². The summed E-state index contributed by atoms with van der Waals surface area (Å²) in [5, 5.41) is 2.76. The second-order valence-electron chi connectivity index (χ2n) is 3.58. The fraction of sp³-hybridized carbons (Fsp3) is 0.273. The molecule has 0 bridgehead atoms. The molecule has 0 aliphatic rings. The number of hydrogen-bond acceptors (Lipinski definition) is 2. The molecular weight excluding hydrogens is 190 g/mol.